The molecule has 2 aromatic rings. The normalized spacial score (nSPS) is 10.1. The van der Waals surface area contributed by atoms with Crippen LogP contribution in [-0.4, -0.2) is 17.2 Å². The largest absolute Gasteiger partial charge is 0.254 e. The number of rotatable bonds is 1. The molecule has 0 N–H and O–H groups in total. The zero-order valence-corrected chi connectivity index (χ0v) is 6.86. The van der Waals surface area contributed by atoms with Crippen LogP contribution >= 0.6 is 0 Å². The number of fused-ring (bicyclic) bond motifs is 1. The molecule has 3 heteroatoms. The van der Waals surface area contributed by atoms with Crippen molar-refractivity contribution in [2.24, 2.45) is 0 Å². The second-order valence-electron chi connectivity index (χ2n) is 2.56. The Morgan fingerprint density at radius 2 is 2.00 bits per heavy atom. The van der Waals surface area contributed by atoms with Crippen LogP contribution in [0.25, 0.3) is 11.0 Å². The molecule has 0 saturated carbocycles. The van der Waals surface area contributed by atoms with Gasteiger partial charge in [-0.25, -0.2) is 0 Å². The Morgan fingerprint density at radius 1 is 1.17 bits per heavy atom. The zero-order chi connectivity index (χ0) is 8.39. The smallest absolute Gasteiger partial charge is 0.151 e. The maximum atomic E-state index is 4.26. The predicted octanol–water partition coefficient (Wildman–Crippen LogP) is 1.01. The Bertz CT molecular complexity index is 395. The lowest BCUT2D eigenvalue weighted by Gasteiger charge is -1.99. The molecule has 0 spiro atoms. The second-order valence-corrected chi connectivity index (χ2v) is 2.56. The molecule has 0 aliphatic rings. The summed E-state index contributed by atoms with van der Waals surface area (Å²) in [5, 5.41) is 0. The predicted molar refractivity (Wildman–Crippen MR) is 50.8 cm³/mol. The molecule has 0 unspecified atom stereocenters. The van der Waals surface area contributed by atoms with Crippen molar-refractivity contribution in [3.8, 4) is 0 Å². The summed E-state index contributed by atoms with van der Waals surface area (Å²) in [6.07, 6.45) is 3.43. The van der Waals surface area contributed by atoms with E-state index in [0.717, 1.165) is 16.5 Å². The van der Waals surface area contributed by atoms with Gasteiger partial charge in [0.2, 0.25) is 0 Å². The summed E-state index contributed by atoms with van der Waals surface area (Å²) in [4.78, 5) is 8.47. The van der Waals surface area contributed by atoms with Gasteiger partial charge in [0.15, 0.2) is 7.28 Å². The highest BCUT2D eigenvalue weighted by molar-refractivity contribution is 6.55. The van der Waals surface area contributed by atoms with E-state index in [-0.39, 0.29) is 0 Å². The highest BCUT2D eigenvalue weighted by atomic mass is 14.8. The molecule has 12 heavy (non-hydrogen) atoms. The van der Waals surface area contributed by atoms with Gasteiger partial charge in [-0.3, -0.25) is 9.97 Å². The summed E-state index contributed by atoms with van der Waals surface area (Å²) in [6, 6.07) is 6.00. The van der Waals surface area contributed by atoms with Gasteiger partial charge in [0.25, 0.3) is 0 Å². The Morgan fingerprint density at radius 3 is 2.83 bits per heavy atom. The monoisotopic (exact) mass is 155 g/mol. The topological polar surface area (TPSA) is 25.8 Å². The lowest BCUT2D eigenvalue weighted by Crippen LogP contribution is -2.12. The van der Waals surface area contributed by atoms with Gasteiger partial charge in [0, 0.05) is 12.4 Å². The molecule has 1 heterocycles. The molecule has 2 rings (SSSR count). The molecular weight excluding hydrogens is 147 g/mol. The molecule has 0 aliphatic carbocycles. The molecule has 1 aromatic heterocycles. The number of para-hydroxylation sites is 1. The van der Waals surface area contributed by atoms with E-state index in [4.69, 9.17) is 0 Å². The summed E-state index contributed by atoms with van der Waals surface area (Å²) in [5.41, 5.74) is 3.07. The summed E-state index contributed by atoms with van der Waals surface area (Å²) >= 11 is 0. The molecule has 57 valence electrons. The molecule has 0 aliphatic heterocycles. The van der Waals surface area contributed by atoms with Crippen molar-refractivity contribution in [1.29, 1.82) is 0 Å². The van der Waals surface area contributed by atoms with Gasteiger partial charge < -0.3 is 0 Å². The van der Waals surface area contributed by atoms with Gasteiger partial charge in [-0.1, -0.05) is 24.4 Å². The third kappa shape index (κ3) is 1.07. The average Bonchev–Trinajstić information content (AvgIpc) is 2.17. The highest BCUT2D eigenvalue weighted by Crippen LogP contribution is 2.02. The van der Waals surface area contributed by atoms with Crippen molar-refractivity contribution >= 4 is 23.8 Å². The Kier molecular flexibility index (Phi) is 1.78. The fourth-order valence-electron chi connectivity index (χ4n) is 1.25. The van der Waals surface area contributed by atoms with Gasteiger partial charge in [0.1, 0.15) is 0 Å². The first-order chi connectivity index (χ1) is 5.92. The molecule has 1 aromatic carbocycles. The van der Waals surface area contributed by atoms with Crippen LogP contribution in [-0.2, 0) is 0 Å². The first kappa shape index (κ1) is 7.28. The molecule has 0 atom stereocenters. The van der Waals surface area contributed by atoms with E-state index in [0.29, 0.717) is 0 Å². The Labute approximate surface area is 71.9 Å². The summed E-state index contributed by atoms with van der Waals surface area (Å²) in [5.74, 6) is 0. The van der Waals surface area contributed by atoms with Gasteiger partial charge in [-0.05, 0) is 6.07 Å². The van der Waals surface area contributed by atoms with E-state index in [2.05, 4.69) is 9.97 Å². The maximum Gasteiger partial charge on any atom is 0.151 e. The number of aromatic nitrogens is 2. The Balaban J connectivity index is 2.79. The van der Waals surface area contributed by atoms with Crippen LogP contribution in [0.15, 0.2) is 30.6 Å². The van der Waals surface area contributed by atoms with E-state index < -0.39 is 0 Å². The maximum absolute atomic E-state index is 4.26. The van der Waals surface area contributed by atoms with E-state index in [1.807, 2.05) is 32.3 Å². The van der Waals surface area contributed by atoms with Crippen LogP contribution in [0.5, 0.6) is 0 Å². The van der Waals surface area contributed by atoms with Crippen molar-refractivity contribution in [3.05, 3.63) is 30.6 Å². The number of nitrogens with zero attached hydrogens (tertiary/aromatic N) is 2. The Hall–Kier alpha value is -1.38. The molecule has 0 bridgehead atoms. The molecule has 2 nitrogen and oxygen atoms in total. The quantitative estimate of drug-likeness (QED) is 0.574. The van der Waals surface area contributed by atoms with E-state index in [1.54, 1.807) is 12.4 Å². The van der Waals surface area contributed by atoms with Crippen molar-refractivity contribution in [1.82, 2.24) is 9.97 Å². The minimum atomic E-state index is 0.952. The molecule has 0 amide bonds. The number of benzene rings is 1. The third-order valence-electron chi connectivity index (χ3n) is 1.84. The SMILES string of the molecule is C[B]c1cccc2nccnc12. The number of hydrogen-bond acceptors (Lipinski definition) is 2. The van der Waals surface area contributed by atoms with Crippen molar-refractivity contribution < 1.29 is 0 Å². The van der Waals surface area contributed by atoms with Crippen molar-refractivity contribution in [2.45, 2.75) is 6.82 Å². The lowest BCUT2D eigenvalue weighted by molar-refractivity contribution is 1.30. The molecule has 1 radical (unpaired) electrons. The van der Waals surface area contributed by atoms with Crippen LogP contribution in [0.4, 0.5) is 0 Å². The third-order valence-corrected chi connectivity index (χ3v) is 1.84. The van der Waals surface area contributed by atoms with E-state index in [9.17, 15) is 0 Å². The lowest BCUT2D eigenvalue weighted by atomic mass is 9.73. The van der Waals surface area contributed by atoms with Gasteiger partial charge in [-0.2, -0.15) is 0 Å². The fourth-order valence-corrected chi connectivity index (χ4v) is 1.25. The summed E-state index contributed by atoms with van der Waals surface area (Å²) in [7, 11) is 2.04. The van der Waals surface area contributed by atoms with Crippen LogP contribution < -0.4 is 5.46 Å². The number of hydrogen-bond donors (Lipinski definition) is 0. The highest BCUT2D eigenvalue weighted by Gasteiger charge is 1.99. The molecule has 0 saturated heterocycles. The van der Waals surface area contributed by atoms with Gasteiger partial charge in [0.05, 0.1) is 11.0 Å². The minimum Gasteiger partial charge on any atom is -0.254 e. The molecular formula is C9H8BN2. The summed E-state index contributed by atoms with van der Waals surface area (Å²) in [6.45, 7) is 2.00. The van der Waals surface area contributed by atoms with Crippen molar-refractivity contribution in [2.75, 3.05) is 0 Å². The fraction of sp³-hybridized carbons (Fsp3) is 0.111. The zero-order valence-electron chi connectivity index (χ0n) is 6.86. The van der Waals surface area contributed by atoms with E-state index in [1.165, 1.54) is 0 Å². The van der Waals surface area contributed by atoms with Crippen LogP contribution in [0.1, 0.15) is 0 Å². The standard InChI is InChI=1S/C9H8BN2/c1-10-7-3-2-4-8-9(7)12-6-5-11-8/h2-6H,1H3. The van der Waals surface area contributed by atoms with Gasteiger partial charge in [-0.15, -0.1) is 0 Å². The van der Waals surface area contributed by atoms with Crippen molar-refractivity contribution in [3.63, 3.8) is 0 Å². The summed E-state index contributed by atoms with van der Waals surface area (Å²) < 4.78 is 0. The van der Waals surface area contributed by atoms with Crippen LogP contribution in [0.3, 0.4) is 0 Å². The molecule has 0 fully saturated rings. The average molecular weight is 155 g/mol. The first-order valence-corrected chi connectivity index (χ1v) is 3.91. The van der Waals surface area contributed by atoms with E-state index >= 15 is 0 Å². The first-order valence-electron chi connectivity index (χ1n) is 3.91. The van der Waals surface area contributed by atoms with Crippen LogP contribution in [0.2, 0.25) is 6.82 Å². The van der Waals surface area contributed by atoms with Crippen LogP contribution in [0, 0.1) is 0 Å². The minimum absolute atomic E-state index is 0.952. The second kappa shape index (κ2) is 2.93. The van der Waals surface area contributed by atoms with Gasteiger partial charge >= 0.3 is 0 Å².